The summed E-state index contributed by atoms with van der Waals surface area (Å²) in [6.07, 6.45) is -0.0281. The van der Waals surface area contributed by atoms with Crippen LogP contribution < -0.4 is 0 Å². The average molecular weight is 282 g/mol. The molecule has 0 N–H and O–H groups in total. The molecule has 0 aromatic carbocycles. The number of carbonyl (C=O) groups is 1. The van der Waals surface area contributed by atoms with E-state index >= 15 is 0 Å². The van der Waals surface area contributed by atoms with Gasteiger partial charge in [-0.1, -0.05) is 0 Å². The topological polar surface area (TPSA) is 69.7 Å². The second kappa shape index (κ2) is 5.52. The van der Waals surface area contributed by atoms with E-state index in [9.17, 15) is 17.6 Å². The summed E-state index contributed by atoms with van der Waals surface area (Å²) in [5, 5.41) is -0.476. The molecule has 5 nitrogen and oxygen atoms in total. The summed E-state index contributed by atoms with van der Waals surface area (Å²) in [6, 6.07) is 0. The van der Waals surface area contributed by atoms with E-state index in [4.69, 9.17) is 4.74 Å². The molecule has 1 aliphatic carbocycles. The molecule has 0 bridgehead atoms. The molecule has 0 spiro atoms. The molecule has 7 heteroatoms. The van der Waals surface area contributed by atoms with E-state index in [2.05, 4.69) is 4.18 Å². The van der Waals surface area contributed by atoms with E-state index in [0.29, 0.717) is 12.8 Å². The second-order valence-corrected chi connectivity index (χ2v) is 7.30. The van der Waals surface area contributed by atoms with Gasteiger partial charge in [-0.25, -0.2) is 4.39 Å². The third-order valence-corrected chi connectivity index (χ3v) is 4.16. The van der Waals surface area contributed by atoms with Gasteiger partial charge in [0.05, 0.1) is 10.7 Å². The van der Waals surface area contributed by atoms with E-state index in [1.165, 1.54) is 0 Å². The molecule has 0 heterocycles. The smallest absolute Gasteiger partial charge is 0.311 e. The highest BCUT2D eigenvalue weighted by atomic mass is 32.2. The quantitative estimate of drug-likeness (QED) is 0.544. The standard InChI is InChI=1S/C11H19FO5S/c1-11(2,3)10(13)17-8(6-12)7-16-18(14,15)9-4-5-9/h8-9H,4-7H2,1-3H3/t8-/m1/s1. The molecule has 0 aromatic heterocycles. The van der Waals surface area contributed by atoms with Crippen molar-refractivity contribution >= 4 is 16.1 Å². The van der Waals surface area contributed by atoms with Crippen molar-refractivity contribution in [2.24, 2.45) is 5.41 Å². The number of ether oxygens (including phenoxy) is 1. The van der Waals surface area contributed by atoms with E-state index < -0.39 is 46.1 Å². The Hall–Kier alpha value is -0.690. The van der Waals surface area contributed by atoms with Gasteiger partial charge in [0.15, 0.2) is 6.10 Å². The fourth-order valence-electron chi connectivity index (χ4n) is 1.06. The Labute approximate surface area is 107 Å². The van der Waals surface area contributed by atoms with Crippen LogP contribution in [-0.4, -0.2) is 39.0 Å². The van der Waals surface area contributed by atoms with Gasteiger partial charge in [0.25, 0.3) is 10.1 Å². The fraction of sp³-hybridized carbons (Fsp3) is 0.909. The number of hydrogen-bond donors (Lipinski definition) is 0. The number of halogens is 1. The molecule has 1 fully saturated rings. The van der Waals surface area contributed by atoms with E-state index in [1.54, 1.807) is 20.8 Å². The van der Waals surface area contributed by atoms with Crippen LogP contribution in [0.25, 0.3) is 0 Å². The Balaban J connectivity index is 2.45. The molecular weight excluding hydrogens is 263 g/mol. The van der Waals surface area contributed by atoms with Gasteiger partial charge in [0.1, 0.15) is 13.3 Å². The summed E-state index contributed by atoms with van der Waals surface area (Å²) in [7, 11) is -3.62. The average Bonchev–Trinajstić information content (AvgIpc) is 3.06. The highest BCUT2D eigenvalue weighted by Gasteiger charge is 2.37. The lowest BCUT2D eigenvalue weighted by Gasteiger charge is -2.21. The van der Waals surface area contributed by atoms with Crippen LogP contribution in [0.5, 0.6) is 0 Å². The van der Waals surface area contributed by atoms with Crippen molar-refractivity contribution in [3.8, 4) is 0 Å². The number of carbonyl (C=O) groups excluding carboxylic acids is 1. The van der Waals surface area contributed by atoms with Crippen LogP contribution in [0.1, 0.15) is 33.6 Å². The number of alkyl halides is 1. The maximum Gasteiger partial charge on any atom is 0.311 e. The molecule has 0 radical (unpaired) electrons. The maximum atomic E-state index is 12.6. The van der Waals surface area contributed by atoms with Crippen LogP contribution in [0.4, 0.5) is 4.39 Å². The first-order valence-corrected chi connectivity index (χ1v) is 7.29. The lowest BCUT2D eigenvalue weighted by atomic mass is 9.97. The zero-order chi connectivity index (χ0) is 14.0. The van der Waals surface area contributed by atoms with Gasteiger partial charge in [-0.15, -0.1) is 0 Å². The van der Waals surface area contributed by atoms with Crippen molar-refractivity contribution in [2.45, 2.75) is 45.0 Å². The molecule has 1 aliphatic rings. The first-order chi connectivity index (χ1) is 8.16. The normalized spacial score (nSPS) is 18.4. The SMILES string of the molecule is CC(C)(C)C(=O)O[C@H](CF)COS(=O)(=O)C1CC1. The van der Waals surface area contributed by atoms with Crippen LogP contribution in [0.15, 0.2) is 0 Å². The van der Waals surface area contributed by atoms with Gasteiger partial charge in [0, 0.05) is 0 Å². The maximum absolute atomic E-state index is 12.6. The monoisotopic (exact) mass is 282 g/mol. The molecule has 106 valence electrons. The first-order valence-electron chi connectivity index (χ1n) is 5.82. The third-order valence-electron chi connectivity index (χ3n) is 2.41. The molecule has 0 amide bonds. The summed E-state index contributed by atoms with van der Waals surface area (Å²) in [5.41, 5.74) is -0.761. The molecule has 1 atom stereocenters. The van der Waals surface area contributed by atoms with Gasteiger partial charge >= 0.3 is 5.97 Å². The van der Waals surface area contributed by atoms with Crippen molar-refractivity contribution in [2.75, 3.05) is 13.3 Å². The predicted molar refractivity (Wildman–Crippen MR) is 63.2 cm³/mol. The van der Waals surface area contributed by atoms with Crippen LogP contribution >= 0.6 is 0 Å². The molecular formula is C11H19FO5S. The van der Waals surface area contributed by atoms with Gasteiger partial charge < -0.3 is 4.74 Å². The van der Waals surface area contributed by atoms with Crippen LogP contribution in [0.2, 0.25) is 0 Å². The molecule has 1 saturated carbocycles. The molecule has 18 heavy (non-hydrogen) atoms. The first kappa shape index (κ1) is 15.4. The highest BCUT2D eigenvalue weighted by molar-refractivity contribution is 7.87. The number of hydrogen-bond acceptors (Lipinski definition) is 5. The summed E-state index contributed by atoms with van der Waals surface area (Å²) >= 11 is 0. The van der Waals surface area contributed by atoms with Gasteiger partial charge in [-0.2, -0.15) is 8.42 Å². The largest absolute Gasteiger partial charge is 0.457 e. The van der Waals surface area contributed by atoms with Crippen molar-refractivity contribution in [3.05, 3.63) is 0 Å². The fourth-order valence-corrected chi connectivity index (χ4v) is 2.31. The Morgan fingerprint density at radius 2 is 1.94 bits per heavy atom. The molecule has 0 aliphatic heterocycles. The van der Waals surface area contributed by atoms with Crippen molar-refractivity contribution < 1.29 is 26.5 Å². The van der Waals surface area contributed by atoms with Crippen molar-refractivity contribution in [3.63, 3.8) is 0 Å². The Kier molecular flexibility index (Phi) is 4.72. The zero-order valence-electron chi connectivity index (χ0n) is 10.8. The van der Waals surface area contributed by atoms with Crippen LogP contribution in [-0.2, 0) is 23.8 Å². The predicted octanol–water partition coefficient (Wildman–Crippen LogP) is 1.42. The Morgan fingerprint density at radius 1 is 1.39 bits per heavy atom. The van der Waals surface area contributed by atoms with Gasteiger partial charge in [-0.3, -0.25) is 8.98 Å². The molecule has 0 aromatic rings. The molecule has 0 unspecified atom stereocenters. The highest BCUT2D eigenvalue weighted by Crippen LogP contribution is 2.29. The minimum Gasteiger partial charge on any atom is -0.457 e. The number of rotatable bonds is 6. The lowest BCUT2D eigenvalue weighted by Crippen LogP contribution is -2.33. The van der Waals surface area contributed by atoms with E-state index in [1.807, 2.05) is 0 Å². The number of esters is 1. The summed E-state index contributed by atoms with van der Waals surface area (Å²) in [5.74, 6) is -0.586. The zero-order valence-corrected chi connectivity index (χ0v) is 11.6. The summed E-state index contributed by atoms with van der Waals surface area (Å²) in [4.78, 5) is 11.5. The Morgan fingerprint density at radius 3 is 2.33 bits per heavy atom. The Bertz CT molecular complexity index is 394. The van der Waals surface area contributed by atoms with Gasteiger partial charge in [0.2, 0.25) is 0 Å². The van der Waals surface area contributed by atoms with Crippen molar-refractivity contribution in [1.29, 1.82) is 0 Å². The molecule has 1 rings (SSSR count). The molecule has 0 saturated heterocycles. The third kappa shape index (κ3) is 4.53. The van der Waals surface area contributed by atoms with Crippen LogP contribution in [0.3, 0.4) is 0 Å². The summed E-state index contributed by atoms with van der Waals surface area (Å²) < 4.78 is 45.0. The minimum absolute atomic E-state index is 0.461. The summed E-state index contributed by atoms with van der Waals surface area (Å²) in [6.45, 7) is 3.46. The van der Waals surface area contributed by atoms with E-state index in [0.717, 1.165) is 0 Å². The van der Waals surface area contributed by atoms with Crippen LogP contribution in [0, 0.1) is 5.41 Å². The van der Waals surface area contributed by atoms with E-state index in [-0.39, 0.29) is 0 Å². The van der Waals surface area contributed by atoms with Gasteiger partial charge in [-0.05, 0) is 33.6 Å². The minimum atomic E-state index is -3.62. The van der Waals surface area contributed by atoms with Crippen molar-refractivity contribution in [1.82, 2.24) is 0 Å². The lowest BCUT2D eigenvalue weighted by molar-refractivity contribution is -0.161. The second-order valence-electron chi connectivity index (χ2n) is 5.41.